The van der Waals surface area contributed by atoms with E-state index in [1.807, 2.05) is 13.8 Å². The molecule has 0 spiro atoms. The van der Waals surface area contributed by atoms with Crippen LogP contribution in [0.2, 0.25) is 0 Å². The van der Waals surface area contributed by atoms with Gasteiger partial charge in [-0.25, -0.2) is 9.97 Å². The van der Waals surface area contributed by atoms with Gasteiger partial charge in [0.2, 0.25) is 5.91 Å². The molecule has 0 unspecified atom stereocenters. The first-order chi connectivity index (χ1) is 6.16. The number of nitrogens with zero attached hydrogens (tertiary/aromatic N) is 2. The SMILES string of the molecule is CC(C)c1ncc2c(n1)NC(=O)C2. The molecule has 4 heteroatoms. The molecule has 0 aromatic carbocycles. The van der Waals surface area contributed by atoms with Gasteiger partial charge < -0.3 is 5.32 Å². The predicted octanol–water partition coefficient (Wildman–Crippen LogP) is 1.09. The number of hydrogen-bond acceptors (Lipinski definition) is 3. The normalized spacial score (nSPS) is 14.5. The lowest BCUT2D eigenvalue weighted by molar-refractivity contribution is -0.115. The molecule has 0 saturated heterocycles. The number of rotatable bonds is 1. The van der Waals surface area contributed by atoms with E-state index in [2.05, 4.69) is 15.3 Å². The van der Waals surface area contributed by atoms with E-state index in [-0.39, 0.29) is 5.91 Å². The fraction of sp³-hybridized carbons (Fsp3) is 0.444. The fourth-order valence-electron chi connectivity index (χ4n) is 1.29. The molecule has 0 bridgehead atoms. The van der Waals surface area contributed by atoms with Crippen molar-refractivity contribution in [3.05, 3.63) is 17.6 Å². The van der Waals surface area contributed by atoms with Crippen LogP contribution in [0.3, 0.4) is 0 Å². The number of nitrogens with one attached hydrogen (secondary N) is 1. The Bertz CT molecular complexity index is 360. The van der Waals surface area contributed by atoms with Crippen LogP contribution < -0.4 is 5.32 Å². The van der Waals surface area contributed by atoms with E-state index in [0.717, 1.165) is 11.4 Å². The second-order valence-electron chi connectivity index (χ2n) is 3.48. The van der Waals surface area contributed by atoms with Crippen LogP contribution in [0, 0.1) is 0 Å². The smallest absolute Gasteiger partial charge is 0.230 e. The van der Waals surface area contributed by atoms with Crippen molar-refractivity contribution in [3.63, 3.8) is 0 Å². The van der Waals surface area contributed by atoms with Crippen molar-refractivity contribution in [1.82, 2.24) is 9.97 Å². The largest absolute Gasteiger partial charge is 0.310 e. The summed E-state index contributed by atoms with van der Waals surface area (Å²) in [5.74, 6) is 1.76. The number of aromatic nitrogens is 2. The van der Waals surface area contributed by atoms with Gasteiger partial charge in [-0.3, -0.25) is 4.79 Å². The zero-order valence-electron chi connectivity index (χ0n) is 7.66. The van der Waals surface area contributed by atoms with Crippen molar-refractivity contribution < 1.29 is 4.79 Å². The van der Waals surface area contributed by atoms with Gasteiger partial charge in [0.1, 0.15) is 11.6 Å². The molecule has 0 radical (unpaired) electrons. The van der Waals surface area contributed by atoms with Gasteiger partial charge in [-0.1, -0.05) is 13.8 Å². The molecule has 13 heavy (non-hydrogen) atoms. The van der Waals surface area contributed by atoms with Crippen LogP contribution >= 0.6 is 0 Å². The zero-order valence-corrected chi connectivity index (χ0v) is 7.66. The molecule has 68 valence electrons. The number of amides is 1. The van der Waals surface area contributed by atoms with Crippen molar-refractivity contribution in [2.24, 2.45) is 0 Å². The Morgan fingerprint density at radius 1 is 1.54 bits per heavy atom. The molecule has 1 aliphatic rings. The average Bonchev–Trinajstić information content (AvgIpc) is 2.42. The third kappa shape index (κ3) is 1.39. The van der Waals surface area contributed by atoms with Gasteiger partial charge in [0.25, 0.3) is 0 Å². The number of carbonyl (C=O) groups is 1. The quantitative estimate of drug-likeness (QED) is 0.698. The molecule has 2 rings (SSSR count). The molecular formula is C9H11N3O. The van der Waals surface area contributed by atoms with Gasteiger partial charge in [-0.15, -0.1) is 0 Å². The van der Waals surface area contributed by atoms with E-state index in [4.69, 9.17) is 0 Å². The highest BCUT2D eigenvalue weighted by atomic mass is 16.1. The van der Waals surface area contributed by atoms with Crippen LogP contribution in [0.25, 0.3) is 0 Å². The summed E-state index contributed by atoms with van der Waals surface area (Å²) >= 11 is 0. The molecule has 4 nitrogen and oxygen atoms in total. The maximum atomic E-state index is 11.0. The minimum Gasteiger partial charge on any atom is -0.310 e. The second kappa shape index (κ2) is 2.80. The lowest BCUT2D eigenvalue weighted by Gasteiger charge is -2.04. The summed E-state index contributed by atoms with van der Waals surface area (Å²) in [4.78, 5) is 19.4. The van der Waals surface area contributed by atoms with E-state index in [9.17, 15) is 4.79 Å². The third-order valence-electron chi connectivity index (χ3n) is 2.01. The average molecular weight is 177 g/mol. The number of carbonyl (C=O) groups excluding carboxylic acids is 1. The minimum atomic E-state index is 0.00482. The van der Waals surface area contributed by atoms with Gasteiger partial charge in [0.05, 0.1) is 6.42 Å². The summed E-state index contributed by atoms with van der Waals surface area (Å²) in [6.07, 6.45) is 2.14. The molecular weight excluding hydrogens is 166 g/mol. The molecule has 0 aliphatic carbocycles. The Morgan fingerprint density at radius 2 is 2.31 bits per heavy atom. The molecule has 1 amide bonds. The van der Waals surface area contributed by atoms with Crippen molar-refractivity contribution in [2.45, 2.75) is 26.2 Å². The Hall–Kier alpha value is -1.45. The highest BCUT2D eigenvalue weighted by molar-refractivity contribution is 5.97. The summed E-state index contributed by atoms with van der Waals surface area (Å²) in [7, 11) is 0. The van der Waals surface area contributed by atoms with Crippen LogP contribution in [-0.2, 0) is 11.2 Å². The third-order valence-corrected chi connectivity index (χ3v) is 2.01. The lowest BCUT2D eigenvalue weighted by Crippen LogP contribution is -2.05. The maximum absolute atomic E-state index is 11.0. The molecule has 0 saturated carbocycles. The van der Waals surface area contributed by atoms with Crippen molar-refractivity contribution in [2.75, 3.05) is 5.32 Å². The highest BCUT2D eigenvalue weighted by Crippen LogP contribution is 2.21. The number of fused-ring (bicyclic) bond motifs is 1. The van der Waals surface area contributed by atoms with Crippen LogP contribution in [0.15, 0.2) is 6.20 Å². The molecule has 1 N–H and O–H groups in total. The van der Waals surface area contributed by atoms with E-state index >= 15 is 0 Å². The molecule has 1 aliphatic heterocycles. The van der Waals surface area contributed by atoms with Crippen molar-refractivity contribution in [1.29, 1.82) is 0 Å². The van der Waals surface area contributed by atoms with E-state index in [0.29, 0.717) is 18.2 Å². The van der Waals surface area contributed by atoms with Gasteiger partial charge in [0, 0.05) is 17.7 Å². The van der Waals surface area contributed by atoms with Crippen LogP contribution in [0.1, 0.15) is 31.2 Å². The highest BCUT2D eigenvalue weighted by Gasteiger charge is 2.20. The standard InChI is InChI=1S/C9H11N3O/c1-5(2)8-10-4-6-3-7(13)11-9(6)12-8/h4-5H,3H2,1-2H3,(H,10,11,12,13). The van der Waals surface area contributed by atoms with Gasteiger partial charge >= 0.3 is 0 Å². The Morgan fingerprint density at radius 3 is 3.00 bits per heavy atom. The molecule has 0 fully saturated rings. The molecule has 1 aromatic rings. The summed E-state index contributed by atoms with van der Waals surface area (Å²) in [6, 6.07) is 0. The summed E-state index contributed by atoms with van der Waals surface area (Å²) < 4.78 is 0. The van der Waals surface area contributed by atoms with E-state index < -0.39 is 0 Å². The van der Waals surface area contributed by atoms with Gasteiger partial charge in [-0.05, 0) is 0 Å². The van der Waals surface area contributed by atoms with Crippen LogP contribution in [0.4, 0.5) is 5.82 Å². The monoisotopic (exact) mass is 177 g/mol. The summed E-state index contributed by atoms with van der Waals surface area (Å²) in [5, 5.41) is 2.70. The first kappa shape index (κ1) is 8.16. The fourth-order valence-corrected chi connectivity index (χ4v) is 1.29. The van der Waals surface area contributed by atoms with Crippen LogP contribution in [-0.4, -0.2) is 15.9 Å². The molecule has 2 heterocycles. The minimum absolute atomic E-state index is 0.00482. The lowest BCUT2D eigenvalue weighted by atomic mass is 10.2. The maximum Gasteiger partial charge on any atom is 0.230 e. The van der Waals surface area contributed by atoms with Crippen LogP contribution in [0.5, 0.6) is 0 Å². The second-order valence-corrected chi connectivity index (χ2v) is 3.48. The number of anilines is 1. The molecule has 1 aromatic heterocycles. The first-order valence-electron chi connectivity index (χ1n) is 4.32. The first-order valence-corrected chi connectivity index (χ1v) is 4.32. The Labute approximate surface area is 76.4 Å². The predicted molar refractivity (Wildman–Crippen MR) is 48.5 cm³/mol. The molecule has 0 atom stereocenters. The zero-order chi connectivity index (χ0) is 9.42. The number of hydrogen-bond donors (Lipinski definition) is 1. The Kier molecular flexibility index (Phi) is 1.76. The van der Waals surface area contributed by atoms with Crippen molar-refractivity contribution >= 4 is 11.7 Å². The Balaban J connectivity index is 2.40. The van der Waals surface area contributed by atoms with E-state index in [1.165, 1.54) is 0 Å². The summed E-state index contributed by atoms with van der Waals surface area (Å²) in [6.45, 7) is 4.05. The van der Waals surface area contributed by atoms with Crippen molar-refractivity contribution in [3.8, 4) is 0 Å². The van der Waals surface area contributed by atoms with Gasteiger partial charge in [-0.2, -0.15) is 0 Å². The van der Waals surface area contributed by atoms with E-state index in [1.54, 1.807) is 6.20 Å². The van der Waals surface area contributed by atoms with Gasteiger partial charge in [0.15, 0.2) is 0 Å². The summed E-state index contributed by atoms with van der Waals surface area (Å²) in [5.41, 5.74) is 0.898. The topological polar surface area (TPSA) is 54.9 Å².